The Labute approximate surface area is 172 Å². The molecule has 3 aromatic carbocycles. The van der Waals surface area contributed by atoms with Gasteiger partial charge in [-0.05, 0) is 41.1 Å². The van der Waals surface area contributed by atoms with E-state index in [-0.39, 0.29) is 18.0 Å². The highest BCUT2D eigenvalue weighted by Gasteiger charge is 2.07. The molecular weight excluding hydrogens is 386 g/mol. The molecule has 1 N–H and O–H groups in total. The summed E-state index contributed by atoms with van der Waals surface area (Å²) in [6.07, 6.45) is 0. The first-order chi connectivity index (χ1) is 14.1. The number of nitrogens with zero attached hydrogens (tertiary/aromatic N) is 2. The molecule has 1 amide bonds. The summed E-state index contributed by atoms with van der Waals surface area (Å²) in [7, 11) is 0. The quantitative estimate of drug-likeness (QED) is 0.544. The summed E-state index contributed by atoms with van der Waals surface area (Å²) in [4.78, 5) is 24.6. The van der Waals surface area contributed by atoms with Gasteiger partial charge in [0.25, 0.3) is 11.5 Å². The Balaban J connectivity index is 1.44. The van der Waals surface area contributed by atoms with Crippen molar-refractivity contribution >= 4 is 28.3 Å². The Morgan fingerprint density at radius 3 is 2.48 bits per heavy atom. The normalized spacial score (nSPS) is 10.8. The lowest BCUT2D eigenvalue weighted by Gasteiger charge is -2.09. The molecule has 5 nitrogen and oxygen atoms in total. The third-order valence-corrected chi connectivity index (χ3v) is 4.88. The van der Waals surface area contributed by atoms with Crippen LogP contribution in [0, 0.1) is 0 Å². The number of carbonyl (C=O) groups excluding carboxylic acids is 1. The van der Waals surface area contributed by atoms with E-state index < -0.39 is 0 Å². The molecular formula is C23H18ClN3O2. The van der Waals surface area contributed by atoms with Crippen molar-refractivity contribution in [2.45, 2.75) is 6.54 Å². The lowest BCUT2D eigenvalue weighted by atomic mass is 10.1. The van der Waals surface area contributed by atoms with Crippen molar-refractivity contribution in [1.82, 2.24) is 15.1 Å². The number of nitrogens with one attached hydrogen (secondary N) is 1. The summed E-state index contributed by atoms with van der Waals surface area (Å²) in [5.41, 5.74) is 1.90. The van der Waals surface area contributed by atoms with Crippen LogP contribution in [0.3, 0.4) is 0 Å². The van der Waals surface area contributed by atoms with E-state index in [0.717, 1.165) is 16.3 Å². The van der Waals surface area contributed by atoms with Crippen LogP contribution in [-0.4, -0.2) is 22.2 Å². The fraction of sp³-hybridized carbons (Fsp3) is 0.0870. The summed E-state index contributed by atoms with van der Waals surface area (Å²) >= 11 is 5.92. The van der Waals surface area contributed by atoms with Crippen LogP contribution in [0.2, 0.25) is 5.02 Å². The third kappa shape index (κ3) is 4.36. The topological polar surface area (TPSA) is 64.0 Å². The smallest absolute Gasteiger partial charge is 0.266 e. The number of rotatable bonds is 5. The highest BCUT2D eigenvalue weighted by atomic mass is 35.5. The molecule has 0 atom stereocenters. The second-order valence-corrected chi connectivity index (χ2v) is 7.04. The molecule has 29 heavy (non-hydrogen) atoms. The SMILES string of the molecule is O=C(NCCn1nc(-c2ccc(Cl)cc2)ccc1=O)c1ccc2ccccc2c1. The van der Waals surface area contributed by atoms with Crippen molar-refractivity contribution in [1.29, 1.82) is 0 Å². The van der Waals surface area contributed by atoms with Gasteiger partial charge in [-0.3, -0.25) is 9.59 Å². The van der Waals surface area contributed by atoms with Gasteiger partial charge in [0.05, 0.1) is 12.2 Å². The largest absolute Gasteiger partial charge is 0.350 e. The van der Waals surface area contributed by atoms with E-state index >= 15 is 0 Å². The van der Waals surface area contributed by atoms with E-state index in [2.05, 4.69) is 10.4 Å². The van der Waals surface area contributed by atoms with E-state index in [0.29, 0.717) is 22.8 Å². The molecule has 0 saturated heterocycles. The van der Waals surface area contributed by atoms with Gasteiger partial charge in [0.2, 0.25) is 0 Å². The maximum atomic E-state index is 12.5. The van der Waals surface area contributed by atoms with E-state index in [1.54, 1.807) is 24.3 Å². The molecule has 144 valence electrons. The molecule has 6 heteroatoms. The van der Waals surface area contributed by atoms with Crippen LogP contribution in [-0.2, 0) is 6.54 Å². The zero-order valence-electron chi connectivity index (χ0n) is 15.5. The Bertz CT molecular complexity index is 1230. The Hall–Kier alpha value is -3.44. The lowest BCUT2D eigenvalue weighted by molar-refractivity contribution is 0.0952. The van der Waals surface area contributed by atoms with Crippen molar-refractivity contribution in [3.63, 3.8) is 0 Å². The van der Waals surface area contributed by atoms with Crippen molar-refractivity contribution in [2.75, 3.05) is 6.54 Å². The zero-order valence-corrected chi connectivity index (χ0v) is 16.3. The summed E-state index contributed by atoms with van der Waals surface area (Å²) in [5.74, 6) is -0.183. The second kappa shape index (κ2) is 8.29. The molecule has 0 aliphatic carbocycles. The minimum Gasteiger partial charge on any atom is -0.350 e. The minimum atomic E-state index is -0.220. The Kier molecular flexibility index (Phi) is 5.40. The molecule has 0 aliphatic rings. The molecule has 4 aromatic rings. The number of amides is 1. The fourth-order valence-electron chi connectivity index (χ4n) is 3.09. The van der Waals surface area contributed by atoms with E-state index in [9.17, 15) is 9.59 Å². The molecule has 0 unspecified atom stereocenters. The van der Waals surface area contributed by atoms with Crippen LogP contribution in [0.25, 0.3) is 22.0 Å². The van der Waals surface area contributed by atoms with Gasteiger partial charge in [-0.1, -0.05) is 54.1 Å². The first-order valence-electron chi connectivity index (χ1n) is 9.21. The highest BCUT2D eigenvalue weighted by Crippen LogP contribution is 2.18. The molecule has 0 aliphatic heterocycles. The van der Waals surface area contributed by atoms with Crippen LogP contribution in [0.15, 0.2) is 83.7 Å². The van der Waals surface area contributed by atoms with E-state index in [1.807, 2.05) is 48.5 Å². The number of hydrogen-bond donors (Lipinski definition) is 1. The number of fused-ring (bicyclic) bond motifs is 1. The van der Waals surface area contributed by atoms with E-state index in [1.165, 1.54) is 10.7 Å². The zero-order chi connectivity index (χ0) is 20.2. The van der Waals surface area contributed by atoms with Crippen LogP contribution < -0.4 is 10.9 Å². The number of carbonyl (C=O) groups is 1. The minimum absolute atomic E-state index is 0.183. The molecule has 1 aromatic heterocycles. The predicted molar refractivity (Wildman–Crippen MR) is 115 cm³/mol. The Morgan fingerprint density at radius 2 is 1.69 bits per heavy atom. The van der Waals surface area contributed by atoms with Crippen molar-refractivity contribution < 1.29 is 4.79 Å². The van der Waals surface area contributed by atoms with Gasteiger partial charge in [-0.15, -0.1) is 0 Å². The van der Waals surface area contributed by atoms with Gasteiger partial charge in [0, 0.05) is 28.8 Å². The maximum absolute atomic E-state index is 12.5. The molecule has 0 radical (unpaired) electrons. The number of halogens is 1. The fourth-order valence-corrected chi connectivity index (χ4v) is 3.22. The number of hydrogen-bond acceptors (Lipinski definition) is 3. The molecule has 1 heterocycles. The lowest BCUT2D eigenvalue weighted by Crippen LogP contribution is -2.31. The molecule has 0 fully saturated rings. The first kappa shape index (κ1) is 18.9. The van der Waals surface area contributed by atoms with Gasteiger partial charge in [0.15, 0.2) is 0 Å². The standard InChI is InChI=1S/C23H18ClN3O2/c24-20-9-7-17(8-10-20)21-11-12-22(28)27(26-21)14-13-25-23(29)19-6-5-16-3-1-2-4-18(16)15-19/h1-12,15H,13-14H2,(H,25,29). The molecule has 0 spiro atoms. The monoisotopic (exact) mass is 403 g/mol. The Morgan fingerprint density at radius 1 is 0.931 bits per heavy atom. The van der Waals surface area contributed by atoms with Crippen LogP contribution in [0.5, 0.6) is 0 Å². The summed E-state index contributed by atoms with van der Waals surface area (Å²) < 4.78 is 1.35. The molecule has 0 saturated carbocycles. The van der Waals surface area contributed by atoms with Crippen LogP contribution >= 0.6 is 11.6 Å². The summed E-state index contributed by atoms with van der Waals surface area (Å²) in [6.45, 7) is 0.572. The number of aromatic nitrogens is 2. The average Bonchev–Trinajstić information content (AvgIpc) is 2.75. The van der Waals surface area contributed by atoms with Gasteiger partial charge in [-0.2, -0.15) is 5.10 Å². The van der Waals surface area contributed by atoms with E-state index in [4.69, 9.17) is 11.6 Å². The van der Waals surface area contributed by atoms with Crippen molar-refractivity contribution in [3.05, 3.63) is 99.8 Å². The predicted octanol–water partition coefficient (Wildman–Crippen LogP) is 4.15. The number of benzene rings is 3. The van der Waals surface area contributed by atoms with Gasteiger partial charge in [-0.25, -0.2) is 4.68 Å². The maximum Gasteiger partial charge on any atom is 0.266 e. The van der Waals surface area contributed by atoms with Crippen LogP contribution in [0.1, 0.15) is 10.4 Å². The summed E-state index contributed by atoms with van der Waals surface area (Å²) in [6, 6.07) is 23.8. The first-order valence-corrected chi connectivity index (χ1v) is 9.59. The molecule has 0 bridgehead atoms. The van der Waals surface area contributed by atoms with Crippen LogP contribution in [0.4, 0.5) is 0 Å². The second-order valence-electron chi connectivity index (χ2n) is 6.60. The van der Waals surface area contributed by atoms with Crippen molar-refractivity contribution in [2.24, 2.45) is 0 Å². The van der Waals surface area contributed by atoms with Gasteiger partial charge >= 0.3 is 0 Å². The average molecular weight is 404 g/mol. The summed E-state index contributed by atoms with van der Waals surface area (Å²) in [5, 5.41) is 9.97. The molecule has 4 rings (SSSR count). The van der Waals surface area contributed by atoms with Gasteiger partial charge in [0.1, 0.15) is 0 Å². The van der Waals surface area contributed by atoms with Crippen molar-refractivity contribution in [3.8, 4) is 11.3 Å². The van der Waals surface area contributed by atoms with Gasteiger partial charge < -0.3 is 5.32 Å². The highest BCUT2D eigenvalue weighted by molar-refractivity contribution is 6.30. The third-order valence-electron chi connectivity index (χ3n) is 4.63.